The number of ether oxygens (including phenoxy) is 1. The van der Waals surface area contributed by atoms with Crippen molar-refractivity contribution in [1.82, 2.24) is 5.32 Å². The molecule has 0 aliphatic carbocycles. The molecule has 0 heterocycles. The van der Waals surface area contributed by atoms with Crippen molar-refractivity contribution < 1.29 is 14.9 Å². The average molecular weight is 516 g/mol. The minimum absolute atomic E-state index is 0.272. The van der Waals surface area contributed by atoms with Crippen LogP contribution in [0, 0.1) is 0 Å². The second-order valence-corrected chi connectivity index (χ2v) is 9.79. The topological polar surface area (TPSA) is 61.7 Å². The van der Waals surface area contributed by atoms with Crippen molar-refractivity contribution in [1.29, 1.82) is 0 Å². The van der Waals surface area contributed by atoms with Gasteiger partial charge in [0.1, 0.15) is 18.1 Å². The summed E-state index contributed by atoms with van der Waals surface area (Å²) in [6.45, 7) is 5.04. The van der Waals surface area contributed by atoms with Crippen LogP contribution < -0.4 is 10.1 Å². The lowest BCUT2D eigenvalue weighted by Crippen LogP contribution is -2.22. The van der Waals surface area contributed by atoms with Crippen LogP contribution in [-0.2, 0) is 0 Å². The lowest BCUT2D eigenvalue weighted by molar-refractivity contribution is 0.282. The molecule has 4 nitrogen and oxygen atoms in total. The molecule has 0 radical (unpaired) electrons. The number of allylic oxidation sites excluding steroid dienone is 1. The van der Waals surface area contributed by atoms with Crippen molar-refractivity contribution in [2.24, 2.45) is 0 Å². The minimum Gasteiger partial charge on any atom is -0.508 e. The Morgan fingerprint density at radius 1 is 0.658 bits per heavy atom. The van der Waals surface area contributed by atoms with E-state index in [1.165, 1.54) is 55.2 Å². The molecule has 3 aromatic rings. The summed E-state index contributed by atoms with van der Waals surface area (Å²) < 4.78 is 6.00. The van der Waals surface area contributed by atoms with E-state index in [1.807, 2.05) is 18.2 Å². The van der Waals surface area contributed by atoms with Crippen LogP contribution in [0.25, 0.3) is 11.1 Å². The summed E-state index contributed by atoms with van der Waals surface area (Å²) >= 11 is 0. The van der Waals surface area contributed by atoms with E-state index in [9.17, 15) is 5.11 Å². The number of unbranched alkanes of at least 4 members (excludes halogenated alkanes) is 7. The Bertz CT molecular complexity index is 1060. The molecule has 0 aliphatic rings. The molecule has 4 heteroatoms. The van der Waals surface area contributed by atoms with Crippen LogP contribution >= 0.6 is 0 Å². The summed E-state index contributed by atoms with van der Waals surface area (Å²) in [7, 11) is 0. The Labute approximate surface area is 229 Å². The van der Waals surface area contributed by atoms with Crippen molar-refractivity contribution in [3.63, 3.8) is 0 Å². The van der Waals surface area contributed by atoms with Crippen molar-refractivity contribution in [2.45, 2.75) is 64.7 Å². The first-order valence-electron chi connectivity index (χ1n) is 14.4. The third kappa shape index (κ3) is 10.00. The van der Waals surface area contributed by atoms with Crippen molar-refractivity contribution >= 4 is 11.1 Å². The van der Waals surface area contributed by atoms with Gasteiger partial charge in [0.15, 0.2) is 0 Å². The molecule has 0 spiro atoms. The maximum atomic E-state index is 9.83. The van der Waals surface area contributed by atoms with E-state index < -0.39 is 0 Å². The molecule has 0 saturated carbocycles. The zero-order valence-electron chi connectivity index (χ0n) is 23.0. The minimum atomic E-state index is 0.272. The van der Waals surface area contributed by atoms with E-state index in [1.54, 1.807) is 12.1 Å². The summed E-state index contributed by atoms with van der Waals surface area (Å²) in [5, 5.41) is 22.1. The van der Waals surface area contributed by atoms with Gasteiger partial charge in [-0.25, -0.2) is 0 Å². The van der Waals surface area contributed by atoms with Crippen molar-refractivity contribution in [3.05, 3.63) is 95.6 Å². The highest BCUT2D eigenvalue weighted by Gasteiger charge is 2.13. The van der Waals surface area contributed by atoms with Crippen LogP contribution in [0.3, 0.4) is 0 Å². The number of rotatable bonds is 18. The molecule has 0 fully saturated rings. The van der Waals surface area contributed by atoms with E-state index in [0.29, 0.717) is 13.2 Å². The Morgan fingerprint density at radius 2 is 1.24 bits per heavy atom. The fourth-order valence-electron chi connectivity index (χ4n) is 4.81. The van der Waals surface area contributed by atoms with Gasteiger partial charge >= 0.3 is 0 Å². The Morgan fingerprint density at radius 3 is 1.84 bits per heavy atom. The highest BCUT2D eigenvalue weighted by molar-refractivity contribution is 5.98. The van der Waals surface area contributed by atoms with Crippen LogP contribution in [0.2, 0.25) is 0 Å². The second-order valence-electron chi connectivity index (χ2n) is 9.79. The van der Waals surface area contributed by atoms with Gasteiger partial charge in [-0.3, -0.25) is 0 Å². The molecule has 0 aromatic heterocycles. The first-order chi connectivity index (χ1) is 18.7. The summed E-state index contributed by atoms with van der Waals surface area (Å²) in [4.78, 5) is 0. The molecule has 204 valence electrons. The van der Waals surface area contributed by atoms with Gasteiger partial charge in [0.25, 0.3) is 0 Å². The number of aromatic hydroxyl groups is 1. The molecule has 0 saturated heterocycles. The molecular formula is C34H45NO3. The largest absolute Gasteiger partial charge is 0.508 e. The van der Waals surface area contributed by atoms with Gasteiger partial charge in [-0.1, -0.05) is 100 Å². The Balaban J connectivity index is 1.49. The molecule has 0 aliphatic heterocycles. The summed E-state index contributed by atoms with van der Waals surface area (Å²) in [6, 6.07) is 26.3. The molecule has 3 rings (SSSR count). The fraction of sp³-hybridized carbons (Fsp3) is 0.412. The number of hydrogen-bond acceptors (Lipinski definition) is 4. The lowest BCUT2D eigenvalue weighted by atomic mass is 9.88. The smallest absolute Gasteiger partial charge is 0.119 e. The summed E-state index contributed by atoms with van der Waals surface area (Å²) in [6.07, 6.45) is 10.6. The highest BCUT2D eigenvalue weighted by Crippen LogP contribution is 2.35. The number of benzene rings is 3. The van der Waals surface area contributed by atoms with Crippen molar-refractivity contribution in [2.75, 3.05) is 26.3 Å². The van der Waals surface area contributed by atoms with Gasteiger partial charge in [0, 0.05) is 13.2 Å². The van der Waals surface area contributed by atoms with Gasteiger partial charge in [0.2, 0.25) is 0 Å². The number of aliphatic hydroxyl groups is 1. The SMILES string of the molecule is CC/C(=C(\c1ccc(O)cc1)c1ccc(OCCNCCCCCCCCCCO)cc1)c1ccccc1. The van der Waals surface area contributed by atoms with Gasteiger partial charge in [-0.15, -0.1) is 0 Å². The number of hydrogen-bond donors (Lipinski definition) is 3. The molecular weight excluding hydrogens is 470 g/mol. The Kier molecular flexibility index (Phi) is 13.5. The maximum Gasteiger partial charge on any atom is 0.119 e. The van der Waals surface area contributed by atoms with Crippen LogP contribution in [0.1, 0.15) is 81.4 Å². The quantitative estimate of drug-likeness (QED) is 0.119. The van der Waals surface area contributed by atoms with Crippen LogP contribution in [0.4, 0.5) is 0 Å². The van der Waals surface area contributed by atoms with E-state index in [0.717, 1.165) is 49.2 Å². The molecule has 38 heavy (non-hydrogen) atoms. The average Bonchev–Trinajstić information content (AvgIpc) is 2.96. The van der Waals surface area contributed by atoms with Crippen LogP contribution in [0.15, 0.2) is 78.9 Å². The van der Waals surface area contributed by atoms with Crippen LogP contribution in [-0.4, -0.2) is 36.5 Å². The highest BCUT2D eigenvalue weighted by atomic mass is 16.5. The predicted molar refractivity (Wildman–Crippen MR) is 160 cm³/mol. The molecule has 0 atom stereocenters. The summed E-state index contributed by atoms with van der Waals surface area (Å²) in [5.74, 6) is 1.15. The van der Waals surface area contributed by atoms with E-state index in [-0.39, 0.29) is 5.75 Å². The lowest BCUT2D eigenvalue weighted by Gasteiger charge is -2.17. The first kappa shape index (κ1) is 29.5. The Hall–Kier alpha value is -3.08. The second kappa shape index (κ2) is 17.4. The van der Waals surface area contributed by atoms with E-state index >= 15 is 0 Å². The van der Waals surface area contributed by atoms with Gasteiger partial charge < -0.3 is 20.3 Å². The summed E-state index contributed by atoms with van der Waals surface area (Å²) in [5.41, 5.74) is 5.88. The third-order valence-electron chi connectivity index (χ3n) is 6.89. The van der Waals surface area contributed by atoms with Gasteiger partial charge in [0.05, 0.1) is 0 Å². The monoisotopic (exact) mass is 515 g/mol. The number of phenols is 1. The van der Waals surface area contributed by atoms with Crippen LogP contribution in [0.5, 0.6) is 11.5 Å². The molecule has 3 aromatic carbocycles. The maximum absolute atomic E-state index is 9.83. The third-order valence-corrected chi connectivity index (χ3v) is 6.89. The molecule has 3 N–H and O–H groups in total. The van der Waals surface area contributed by atoms with Gasteiger partial charge in [-0.05, 0) is 77.9 Å². The fourth-order valence-corrected chi connectivity index (χ4v) is 4.81. The van der Waals surface area contributed by atoms with Gasteiger partial charge in [-0.2, -0.15) is 0 Å². The van der Waals surface area contributed by atoms with E-state index in [2.05, 4.69) is 60.8 Å². The molecule has 0 amide bonds. The zero-order valence-corrected chi connectivity index (χ0v) is 23.0. The first-order valence-corrected chi connectivity index (χ1v) is 14.4. The molecule has 0 unspecified atom stereocenters. The van der Waals surface area contributed by atoms with E-state index in [4.69, 9.17) is 9.84 Å². The number of nitrogens with one attached hydrogen (secondary N) is 1. The normalized spacial score (nSPS) is 11.8. The standard InChI is InChI=1S/C34H45NO3/c1-2-33(28-14-10-9-11-15-28)34(29-16-20-31(37)21-17-29)30-18-22-32(23-19-30)38-27-25-35-24-12-7-5-3-4-6-8-13-26-36/h9-11,14-23,35-37H,2-8,12-13,24-27H2,1H3/b34-33-. The predicted octanol–water partition coefficient (Wildman–Crippen LogP) is 7.84. The number of aliphatic hydroxyl groups excluding tert-OH is 1. The number of phenolic OH excluding ortho intramolecular Hbond substituents is 1. The zero-order chi connectivity index (χ0) is 26.8. The van der Waals surface area contributed by atoms with Crippen molar-refractivity contribution in [3.8, 4) is 11.5 Å². The molecule has 0 bridgehead atoms.